The number of hydrogen-bond donors (Lipinski definition) is 3. The molecule has 4 N–H and O–H groups in total. The summed E-state index contributed by atoms with van der Waals surface area (Å²) in [6, 6.07) is 1.14. The topological polar surface area (TPSA) is 109 Å². The first-order valence-corrected chi connectivity index (χ1v) is 5.17. The van der Waals surface area contributed by atoms with Crippen LogP contribution in [-0.4, -0.2) is 26.3 Å². The number of H-pyrrole nitrogens is 1. The first-order valence-electron chi connectivity index (χ1n) is 4.29. The second kappa shape index (κ2) is 4.83. The maximum absolute atomic E-state index is 11.0. The zero-order chi connectivity index (χ0) is 11.4. The third-order valence-corrected chi connectivity index (χ3v) is 2.88. The van der Waals surface area contributed by atoms with E-state index in [9.17, 15) is 9.59 Å². The highest BCUT2D eigenvalue weighted by molar-refractivity contribution is 8.00. The number of carboxylic acids is 1. The molecule has 1 rings (SSSR count). The fourth-order valence-corrected chi connectivity index (χ4v) is 1.81. The molecule has 0 unspecified atom stereocenters. The fraction of sp³-hybridized carbons (Fsp3) is 0.375. The fourth-order valence-electron chi connectivity index (χ4n) is 0.952. The van der Waals surface area contributed by atoms with Crippen molar-refractivity contribution in [1.29, 1.82) is 0 Å². The average molecular weight is 229 g/mol. The van der Waals surface area contributed by atoms with Crippen LogP contribution in [0, 0.1) is 0 Å². The molecule has 0 bridgehead atoms. The Morgan fingerprint density at radius 2 is 2.47 bits per heavy atom. The van der Waals surface area contributed by atoms with Gasteiger partial charge in [-0.3, -0.25) is 9.59 Å². The van der Waals surface area contributed by atoms with Gasteiger partial charge >= 0.3 is 5.97 Å². The van der Waals surface area contributed by atoms with Crippen LogP contribution < -0.4 is 11.3 Å². The summed E-state index contributed by atoms with van der Waals surface area (Å²) in [4.78, 5) is 28.0. The Hall–Kier alpha value is -1.50. The van der Waals surface area contributed by atoms with Gasteiger partial charge in [0.1, 0.15) is 11.1 Å². The van der Waals surface area contributed by atoms with Gasteiger partial charge in [0.2, 0.25) is 0 Å². The second-order valence-corrected chi connectivity index (χ2v) is 4.02. The van der Waals surface area contributed by atoms with Crippen LogP contribution in [0.25, 0.3) is 0 Å². The van der Waals surface area contributed by atoms with E-state index >= 15 is 0 Å². The van der Waals surface area contributed by atoms with Gasteiger partial charge in [-0.25, -0.2) is 4.98 Å². The van der Waals surface area contributed by atoms with Gasteiger partial charge in [0.25, 0.3) is 5.56 Å². The van der Waals surface area contributed by atoms with Crippen LogP contribution in [0.3, 0.4) is 0 Å². The number of aliphatic carboxylic acids is 1. The minimum Gasteiger partial charge on any atom is -0.480 e. The summed E-state index contributed by atoms with van der Waals surface area (Å²) in [5.74, 6) is -0.853. The highest BCUT2D eigenvalue weighted by atomic mass is 32.2. The predicted molar refractivity (Wildman–Crippen MR) is 56.8 cm³/mol. The maximum atomic E-state index is 11.0. The molecule has 0 spiro atoms. The van der Waals surface area contributed by atoms with Gasteiger partial charge < -0.3 is 15.8 Å². The molecule has 0 aliphatic heterocycles. The van der Waals surface area contributed by atoms with Crippen molar-refractivity contribution in [3.8, 4) is 0 Å². The Morgan fingerprint density at radius 1 is 1.80 bits per heavy atom. The van der Waals surface area contributed by atoms with Crippen LogP contribution in [0.15, 0.2) is 16.0 Å². The molecule has 0 saturated heterocycles. The number of nitrogen functional groups attached to an aromatic ring is 1. The van der Waals surface area contributed by atoms with Crippen LogP contribution in [0.5, 0.6) is 0 Å². The number of nitrogens with one attached hydrogen (secondary N) is 1. The molecule has 6 nitrogen and oxygen atoms in total. The number of anilines is 1. The lowest BCUT2D eigenvalue weighted by atomic mass is 10.3. The normalized spacial score (nSPS) is 12.3. The Kier molecular flexibility index (Phi) is 3.73. The summed E-state index contributed by atoms with van der Waals surface area (Å²) < 4.78 is 0. The number of carboxylic acid groups (broad SMARTS) is 1. The summed E-state index contributed by atoms with van der Waals surface area (Å²) in [5, 5.41) is 8.40. The SMILES string of the molecule is CC[C@H](Sc1nc(N)cc(=O)[nH]1)C(=O)O. The third-order valence-electron chi connectivity index (χ3n) is 1.64. The van der Waals surface area contributed by atoms with Gasteiger partial charge in [-0.15, -0.1) is 0 Å². The molecule has 0 radical (unpaired) electrons. The van der Waals surface area contributed by atoms with Crippen LogP contribution in [-0.2, 0) is 4.79 Å². The molecule has 0 aliphatic carbocycles. The van der Waals surface area contributed by atoms with E-state index in [2.05, 4.69) is 9.97 Å². The van der Waals surface area contributed by atoms with E-state index in [1.807, 2.05) is 0 Å². The highest BCUT2D eigenvalue weighted by Crippen LogP contribution is 2.21. The first kappa shape index (κ1) is 11.6. The lowest BCUT2D eigenvalue weighted by Gasteiger charge is -2.07. The van der Waals surface area contributed by atoms with E-state index in [1.54, 1.807) is 6.92 Å². The minimum atomic E-state index is -0.937. The monoisotopic (exact) mass is 229 g/mol. The second-order valence-electron chi connectivity index (χ2n) is 2.83. The first-order chi connectivity index (χ1) is 7.02. The Balaban J connectivity index is 2.88. The van der Waals surface area contributed by atoms with Crippen molar-refractivity contribution in [1.82, 2.24) is 9.97 Å². The summed E-state index contributed by atoms with van der Waals surface area (Å²) in [7, 11) is 0. The van der Waals surface area contributed by atoms with Crippen molar-refractivity contribution in [2.75, 3.05) is 5.73 Å². The average Bonchev–Trinajstić information content (AvgIpc) is 2.12. The molecule has 0 aromatic carbocycles. The van der Waals surface area contributed by atoms with E-state index in [-0.39, 0.29) is 16.5 Å². The van der Waals surface area contributed by atoms with Crippen molar-refractivity contribution in [2.24, 2.45) is 0 Å². The van der Waals surface area contributed by atoms with Gasteiger partial charge in [0, 0.05) is 6.07 Å². The molecule has 15 heavy (non-hydrogen) atoms. The molecule has 1 heterocycles. The van der Waals surface area contributed by atoms with Gasteiger partial charge in [-0.2, -0.15) is 0 Å². The lowest BCUT2D eigenvalue weighted by Crippen LogP contribution is -2.17. The van der Waals surface area contributed by atoms with E-state index in [0.29, 0.717) is 6.42 Å². The summed E-state index contributed by atoms with van der Waals surface area (Å²) in [5.41, 5.74) is 4.98. The van der Waals surface area contributed by atoms with E-state index in [1.165, 1.54) is 0 Å². The Morgan fingerprint density at radius 3 is 2.93 bits per heavy atom. The van der Waals surface area contributed by atoms with E-state index < -0.39 is 11.2 Å². The number of thioether (sulfide) groups is 1. The number of carbonyl (C=O) groups is 1. The number of hydrogen-bond acceptors (Lipinski definition) is 5. The molecule has 1 atom stereocenters. The van der Waals surface area contributed by atoms with Crippen molar-refractivity contribution in [2.45, 2.75) is 23.8 Å². The number of nitrogens with two attached hydrogens (primary N) is 1. The van der Waals surface area contributed by atoms with E-state index in [4.69, 9.17) is 10.8 Å². The number of aromatic amines is 1. The predicted octanol–water partition coefficient (Wildman–Crippen LogP) is 0.307. The molecule has 1 aromatic heterocycles. The van der Waals surface area contributed by atoms with Gasteiger partial charge in [0.05, 0.1) is 0 Å². The number of rotatable bonds is 4. The molecule has 0 saturated carbocycles. The van der Waals surface area contributed by atoms with Crippen LogP contribution in [0.4, 0.5) is 5.82 Å². The molecule has 7 heteroatoms. The van der Waals surface area contributed by atoms with Crippen LogP contribution in [0.2, 0.25) is 0 Å². The van der Waals surface area contributed by atoms with Crippen molar-refractivity contribution < 1.29 is 9.90 Å². The van der Waals surface area contributed by atoms with Crippen molar-refractivity contribution in [3.63, 3.8) is 0 Å². The van der Waals surface area contributed by atoms with Crippen molar-refractivity contribution in [3.05, 3.63) is 16.4 Å². The molecule has 0 aliphatic rings. The maximum Gasteiger partial charge on any atom is 0.317 e. The molecular weight excluding hydrogens is 218 g/mol. The standard InChI is InChI=1S/C8H11N3O3S/c1-2-4(7(13)14)15-8-10-5(9)3-6(12)11-8/h3-4H,2H2,1H3,(H,13,14)(H3,9,10,11,12)/t4-/m0/s1. The van der Waals surface area contributed by atoms with E-state index in [0.717, 1.165) is 17.8 Å². The zero-order valence-corrected chi connectivity index (χ0v) is 8.87. The summed E-state index contributed by atoms with van der Waals surface area (Å²) >= 11 is 0.979. The smallest absolute Gasteiger partial charge is 0.317 e. The van der Waals surface area contributed by atoms with Crippen LogP contribution >= 0.6 is 11.8 Å². The largest absolute Gasteiger partial charge is 0.480 e. The molecule has 1 aromatic rings. The molecule has 0 fully saturated rings. The lowest BCUT2D eigenvalue weighted by molar-refractivity contribution is -0.136. The molecular formula is C8H11N3O3S. The van der Waals surface area contributed by atoms with Crippen LogP contribution in [0.1, 0.15) is 13.3 Å². The highest BCUT2D eigenvalue weighted by Gasteiger charge is 2.17. The van der Waals surface area contributed by atoms with Crippen molar-refractivity contribution >= 4 is 23.5 Å². The third kappa shape index (κ3) is 3.28. The van der Waals surface area contributed by atoms with Gasteiger partial charge in [0.15, 0.2) is 5.16 Å². The number of nitrogens with zero attached hydrogens (tertiary/aromatic N) is 1. The molecule has 0 amide bonds. The van der Waals surface area contributed by atoms with Gasteiger partial charge in [-0.1, -0.05) is 18.7 Å². The summed E-state index contributed by atoms with van der Waals surface area (Å²) in [6.45, 7) is 1.75. The minimum absolute atomic E-state index is 0.0847. The summed E-state index contributed by atoms with van der Waals surface area (Å²) in [6.07, 6.45) is 0.443. The molecule has 82 valence electrons. The zero-order valence-electron chi connectivity index (χ0n) is 8.06. The quantitative estimate of drug-likeness (QED) is 0.506. The van der Waals surface area contributed by atoms with Gasteiger partial charge in [-0.05, 0) is 6.42 Å². The Bertz CT molecular complexity index is 418. The Labute approximate surface area is 89.9 Å². The number of aromatic nitrogens is 2.